The molecule has 0 bridgehead atoms. The Morgan fingerprint density at radius 3 is 2.50 bits per heavy atom. The Balaban J connectivity index is 2.60. The topological polar surface area (TPSA) is 20.3 Å². The van der Waals surface area contributed by atoms with E-state index in [0.717, 1.165) is 25.8 Å². The van der Waals surface area contributed by atoms with Crippen molar-refractivity contribution in [2.24, 2.45) is 5.92 Å². The van der Waals surface area contributed by atoms with Crippen molar-refractivity contribution in [1.82, 2.24) is 4.90 Å². The second-order valence-corrected chi connectivity index (χ2v) is 5.78. The van der Waals surface area contributed by atoms with E-state index in [-0.39, 0.29) is 5.92 Å². The Kier molecular flexibility index (Phi) is 7.73. The Morgan fingerprint density at radius 2 is 2.00 bits per heavy atom. The first-order valence-corrected chi connectivity index (χ1v) is 8.14. The summed E-state index contributed by atoms with van der Waals surface area (Å²) in [6.45, 7) is 5.05. The summed E-state index contributed by atoms with van der Waals surface area (Å²) in [6.07, 6.45) is 9.21. The molecule has 0 saturated heterocycles. The lowest BCUT2D eigenvalue weighted by atomic mass is 9.97. The highest BCUT2D eigenvalue weighted by Crippen LogP contribution is 2.26. The molecule has 0 aliphatic heterocycles. The van der Waals surface area contributed by atoms with Gasteiger partial charge in [0.1, 0.15) is 0 Å². The number of hydrogen-bond acceptors (Lipinski definition) is 1. The van der Waals surface area contributed by atoms with Gasteiger partial charge in [-0.3, -0.25) is 4.79 Å². The molecule has 0 spiro atoms. The molecular formula is C15H28ClNO. The summed E-state index contributed by atoms with van der Waals surface area (Å²) in [5.74, 6) is 1.14. The van der Waals surface area contributed by atoms with Crippen LogP contribution in [0.4, 0.5) is 0 Å². The van der Waals surface area contributed by atoms with Crippen LogP contribution in [0.15, 0.2) is 0 Å². The van der Waals surface area contributed by atoms with Gasteiger partial charge in [-0.2, -0.15) is 0 Å². The molecule has 1 aliphatic rings. The van der Waals surface area contributed by atoms with Gasteiger partial charge in [0, 0.05) is 24.4 Å². The molecule has 0 radical (unpaired) electrons. The molecule has 0 N–H and O–H groups in total. The fourth-order valence-electron chi connectivity index (χ4n) is 2.97. The number of rotatable bonds is 8. The highest BCUT2D eigenvalue weighted by atomic mass is 35.5. The van der Waals surface area contributed by atoms with Crippen LogP contribution in [0.1, 0.15) is 65.2 Å². The maximum atomic E-state index is 12.6. The predicted molar refractivity (Wildman–Crippen MR) is 78.0 cm³/mol. The lowest BCUT2D eigenvalue weighted by Gasteiger charge is -2.31. The van der Waals surface area contributed by atoms with Crippen molar-refractivity contribution in [3.63, 3.8) is 0 Å². The van der Waals surface area contributed by atoms with Gasteiger partial charge in [-0.05, 0) is 25.7 Å². The lowest BCUT2D eigenvalue weighted by molar-refractivity contribution is -0.138. The molecule has 2 nitrogen and oxygen atoms in total. The van der Waals surface area contributed by atoms with Gasteiger partial charge in [0.05, 0.1) is 0 Å². The van der Waals surface area contributed by atoms with Crippen LogP contribution in [-0.4, -0.2) is 29.3 Å². The van der Waals surface area contributed by atoms with Crippen molar-refractivity contribution in [2.45, 2.75) is 71.3 Å². The highest BCUT2D eigenvalue weighted by Gasteiger charge is 2.29. The Bertz CT molecular complexity index is 239. The smallest absolute Gasteiger partial charge is 0.225 e. The first-order chi connectivity index (χ1) is 8.74. The van der Waals surface area contributed by atoms with E-state index in [4.69, 9.17) is 11.6 Å². The van der Waals surface area contributed by atoms with Gasteiger partial charge < -0.3 is 4.90 Å². The maximum absolute atomic E-state index is 12.6. The van der Waals surface area contributed by atoms with Crippen molar-refractivity contribution in [2.75, 3.05) is 12.4 Å². The highest BCUT2D eigenvalue weighted by molar-refractivity contribution is 6.18. The van der Waals surface area contributed by atoms with Gasteiger partial charge in [0.2, 0.25) is 5.91 Å². The van der Waals surface area contributed by atoms with Gasteiger partial charge >= 0.3 is 0 Å². The molecule has 1 rings (SSSR count). The standard InChI is InChI=1S/C15H28ClNO/c1-3-5-8-13(4-2)15(18)17(12-11-16)14-9-6-7-10-14/h13-14H,3-12H2,1-2H3. The van der Waals surface area contributed by atoms with Crippen LogP contribution in [0.25, 0.3) is 0 Å². The molecular weight excluding hydrogens is 246 g/mol. The van der Waals surface area contributed by atoms with Crippen molar-refractivity contribution in [3.05, 3.63) is 0 Å². The van der Waals surface area contributed by atoms with E-state index in [2.05, 4.69) is 18.7 Å². The number of amides is 1. The van der Waals surface area contributed by atoms with E-state index < -0.39 is 0 Å². The third-order valence-electron chi connectivity index (χ3n) is 4.12. The number of hydrogen-bond donors (Lipinski definition) is 0. The zero-order valence-corrected chi connectivity index (χ0v) is 12.7. The minimum atomic E-state index is 0.216. The van der Waals surface area contributed by atoms with Crippen LogP contribution in [0.2, 0.25) is 0 Å². The summed E-state index contributed by atoms with van der Waals surface area (Å²) >= 11 is 5.88. The molecule has 1 atom stereocenters. The van der Waals surface area contributed by atoms with Crippen LogP contribution in [-0.2, 0) is 4.79 Å². The molecule has 1 unspecified atom stereocenters. The normalized spacial score (nSPS) is 17.9. The van der Waals surface area contributed by atoms with Gasteiger partial charge in [0.15, 0.2) is 0 Å². The monoisotopic (exact) mass is 273 g/mol. The van der Waals surface area contributed by atoms with Gasteiger partial charge in [-0.15, -0.1) is 11.6 Å². The number of nitrogens with zero attached hydrogens (tertiary/aromatic N) is 1. The molecule has 0 aromatic carbocycles. The summed E-state index contributed by atoms with van der Waals surface area (Å²) in [6, 6.07) is 0.465. The molecule has 0 heterocycles. The van der Waals surface area contributed by atoms with Crippen LogP contribution >= 0.6 is 11.6 Å². The zero-order valence-electron chi connectivity index (χ0n) is 12.0. The molecule has 0 aromatic heterocycles. The molecule has 1 saturated carbocycles. The van der Waals surface area contributed by atoms with Gasteiger partial charge in [-0.25, -0.2) is 0 Å². The third kappa shape index (κ3) is 4.46. The van der Waals surface area contributed by atoms with E-state index in [1.807, 2.05) is 0 Å². The van der Waals surface area contributed by atoms with Crippen molar-refractivity contribution in [3.8, 4) is 0 Å². The molecule has 1 fully saturated rings. The van der Waals surface area contributed by atoms with E-state index in [1.54, 1.807) is 0 Å². The summed E-state index contributed by atoms with van der Waals surface area (Å²) in [5.41, 5.74) is 0. The first kappa shape index (κ1) is 15.8. The Morgan fingerprint density at radius 1 is 1.33 bits per heavy atom. The lowest BCUT2D eigenvalue weighted by Crippen LogP contribution is -2.43. The van der Waals surface area contributed by atoms with Crippen LogP contribution in [0.5, 0.6) is 0 Å². The second kappa shape index (κ2) is 8.79. The maximum Gasteiger partial charge on any atom is 0.225 e. The zero-order chi connectivity index (χ0) is 13.4. The van der Waals surface area contributed by atoms with Crippen molar-refractivity contribution >= 4 is 17.5 Å². The largest absolute Gasteiger partial charge is 0.338 e. The Labute approximate surface area is 117 Å². The molecule has 1 amide bonds. The van der Waals surface area contributed by atoms with Crippen LogP contribution in [0, 0.1) is 5.92 Å². The fraction of sp³-hybridized carbons (Fsp3) is 0.933. The molecule has 1 aliphatic carbocycles. The molecule has 0 aromatic rings. The number of carbonyl (C=O) groups is 1. The van der Waals surface area contributed by atoms with E-state index in [0.29, 0.717) is 17.8 Å². The van der Waals surface area contributed by atoms with E-state index in [9.17, 15) is 4.79 Å². The average molecular weight is 274 g/mol. The summed E-state index contributed by atoms with van der Waals surface area (Å²) in [4.78, 5) is 14.7. The van der Waals surface area contributed by atoms with E-state index in [1.165, 1.54) is 32.1 Å². The minimum absolute atomic E-state index is 0.216. The summed E-state index contributed by atoms with van der Waals surface area (Å²) in [5, 5.41) is 0. The predicted octanol–water partition coefficient (Wildman–Crippen LogP) is 4.21. The van der Waals surface area contributed by atoms with Gasteiger partial charge in [0.25, 0.3) is 0 Å². The third-order valence-corrected chi connectivity index (χ3v) is 4.29. The summed E-state index contributed by atoms with van der Waals surface area (Å²) < 4.78 is 0. The van der Waals surface area contributed by atoms with Crippen LogP contribution < -0.4 is 0 Å². The number of unbranched alkanes of at least 4 members (excludes halogenated alkanes) is 1. The van der Waals surface area contributed by atoms with Crippen molar-refractivity contribution < 1.29 is 4.79 Å². The molecule has 3 heteroatoms. The number of halogens is 1. The fourth-order valence-corrected chi connectivity index (χ4v) is 3.15. The van der Waals surface area contributed by atoms with E-state index >= 15 is 0 Å². The van der Waals surface area contributed by atoms with Crippen molar-refractivity contribution in [1.29, 1.82) is 0 Å². The number of alkyl halides is 1. The SMILES string of the molecule is CCCCC(CC)C(=O)N(CCCl)C1CCCC1. The summed E-state index contributed by atoms with van der Waals surface area (Å²) in [7, 11) is 0. The quantitative estimate of drug-likeness (QED) is 0.607. The second-order valence-electron chi connectivity index (χ2n) is 5.41. The molecule has 18 heavy (non-hydrogen) atoms. The number of carbonyl (C=O) groups excluding carboxylic acids is 1. The Hall–Kier alpha value is -0.240. The molecule has 106 valence electrons. The average Bonchev–Trinajstić information content (AvgIpc) is 2.90. The first-order valence-electron chi connectivity index (χ1n) is 7.61. The van der Waals surface area contributed by atoms with Gasteiger partial charge in [-0.1, -0.05) is 39.5 Å². The van der Waals surface area contributed by atoms with Crippen LogP contribution in [0.3, 0.4) is 0 Å². The minimum Gasteiger partial charge on any atom is -0.338 e.